The Hall–Kier alpha value is -1.36. The van der Waals surface area contributed by atoms with Gasteiger partial charge in [-0.3, -0.25) is 9.89 Å². The van der Waals surface area contributed by atoms with Crippen LogP contribution in [0.4, 0.5) is 0 Å². The first kappa shape index (κ1) is 12.7. The number of rotatable bonds is 1. The quantitative estimate of drug-likeness (QED) is 0.805. The van der Waals surface area contributed by atoms with Gasteiger partial charge in [0.25, 0.3) is 5.91 Å². The van der Waals surface area contributed by atoms with Gasteiger partial charge in [-0.1, -0.05) is 19.3 Å². The molecule has 1 fully saturated rings. The van der Waals surface area contributed by atoms with Crippen LogP contribution in [-0.2, 0) is 13.0 Å². The highest BCUT2D eigenvalue weighted by Gasteiger charge is 2.25. The lowest BCUT2D eigenvalue weighted by molar-refractivity contribution is 0.0735. The lowest BCUT2D eigenvalue weighted by atomic mass is 10.0. The van der Waals surface area contributed by atoms with E-state index in [-0.39, 0.29) is 5.91 Å². The highest BCUT2D eigenvalue weighted by Crippen LogP contribution is 2.19. The summed E-state index contributed by atoms with van der Waals surface area (Å²) >= 11 is 0. The summed E-state index contributed by atoms with van der Waals surface area (Å²) in [4.78, 5) is 14.6. The van der Waals surface area contributed by atoms with E-state index in [9.17, 15) is 4.79 Å². The van der Waals surface area contributed by atoms with E-state index in [0.29, 0.717) is 5.69 Å². The number of aromatic amines is 1. The molecular formula is C14H22N4O. The van der Waals surface area contributed by atoms with Crippen LogP contribution in [0.15, 0.2) is 0 Å². The number of nitrogens with zero attached hydrogens (tertiary/aromatic N) is 2. The lowest BCUT2D eigenvalue weighted by Gasteiger charge is -2.24. The maximum Gasteiger partial charge on any atom is 0.274 e. The highest BCUT2D eigenvalue weighted by atomic mass is 16.2. The number of hydrogen-bond donors (Lipinski definition) is 2. The van der Waals surface area contributed by atoms with Gasteiger partial charge in [0.2, 0.25) is 0 Å². The summed E-state index contributed by atoms with van der Waals surface area (Å²) in [6.07, 6.45) is 6.97. The minimum absolute atomic E-state index is 0.114. The van der Waals surface area contributed by atoms with E-state index in [0.717, 1.165) is 56.7 Å². The van der Waals surface area contributed by atoms with E-state index in [4.69, 9.17) is 0 Å². The second kappa shape index (κ2) is 5.74. The average molecular weight is 262 g/mol. The Labute approximate surface area is 113 Å². The topological polar surface area (TPSA) is 61.0 Å². The molecule has 2 aliphatic heterocycles. The van der Waals surface area contributed by atoms with Crippen molar-refractivity contribution in [1.29, 1.82) is 0 Å². The van der Waals surface area contributed by atoms with E-state index in [1.807, 2.05) is 4.90 Å². The zero-order chi connectivity index (χ0) is 13.1. The molecule has 5 heteroatoms. The number of hydrogen-bond acceptors (Lipinski definition) is 3. The molecule has 1 aromatic rings. The first-order valence-electron chi connectivity index (χ1n) is 7.42. The number of nitrogens with one attached hydrogen (secondary N) is 2. The zero-order valence-corrected chi connectivity index (χ0v) is 11.4. The van der Waals surface area contributed by atoms with E-state index in [1.54, 1.807) is 0 Å². The third-order valence-electron chi connectivity index (χ3n) is 4.15. The van der Waals surface area contributed by atoms with Gasteiger partial charge in [-0.15, -0.1) is 0 Å². The van der Waals surface area contributed by atoms with Crippen LogP contribution in [0.5, 0.6) is 0 Å². The van der Waals surface area contributed by atoms with Crippen LogP contribution >= 0.6 is 0 Å². The van der Waals surface area contributed by atoms with Crippen molar-refractivity contribution in [3.63, 3.8) is 0 Å². The molecule has 0 unspecified atom stereocenters. The van der Waals surface area contributed by atoms with E-state index in [2.05, 4.69) is 15.5 Å². The molecule has 0 aromatic carbocycles. The molecule has 1 amide bonds. The lowest BCUT2D eigenvalue weighted by Crippen LogP contribution is -2.35. The summed E-state index contributed by atoms with van der Waals surface area (Å²) < 4.78 is 0. The highest BCUT2D eigenvalue weighted by molar-refractivity contribution is 5.94. The summed E-state index contributed by atoms with van der Waals surface area (Å²) in [6.45, 7) is 3.50. The monoisotopic (exact) mass is 262 g/mol. The van der Waals surface area contributed by atoms with Gasteiger partial charge in [0.15, 0.2) is 5.69 Å². The molecule has 0 saturated carbocycles. The molecule has 5 nitrogen and oxygen atoms in total. The summed E-state index contributed by atoms with van der Waals surface area (Å²) in [5.41, 5.74) is 2.86. The van der Waals surface area contributed by atoms with Crippen LogP contribution in [0.25, 0.3) is 0 Å². The van der Waals surface area contributed by atoms with Crippen LogP contribution in [0.2, 0.25) is 0 Å². The van der Waals surface area contributed by atoms with Crippen molar-refractivity contribution in [2.45, 2.75) is 45.1 Å². The summed E-state index contributed by atoms with van der Waals surface area (Å²) in [5, 5.41) is 10.6. The maximum absolute atomic E-state index is 12.6. The van der Waals surface area contributed by atoms with Gasteiger partial charge in [-0.2, -0.15) is 5.10 Å². The number of H-pyrrole nitrogens is 1. The third-order valence-corrected chi connectivity index (χ3v) is 4.15. The summed E-state index contributed by atoms with van der Waals surface area (Å²) in [6, 6.07) is 0. The van der Waals surface area contributed by atoms with Gasteiger partial charge < -0.3 is 10.2 Å². The predicted molar refractivity (Wildman–Crippen MR) is 73.0 cm³/mol. The molecule has 104 valence electrons. The van der Waals surface area contributed by atoms with Gasteiger partial charge in [-0.25, -0.2) is 0 Å². The molecule has 1 saturated heterocycles. The first-order valence-corrected chi connectivity index (χ1v) is 7.42. The van der Waals surface area contributed by atoms with Crippen LogP contribution in [0.3, 0.4) is 0 Å². The van der Waals surface area contributed by atoms with Crippen molar-refractivity contribution in [2.24, 2.45) is 0 Å². The predicted octanol–water partition coefficient (Wildman–Crippen LogP) is 1.46. The number of carbonyl (C=O) groups is 1. The summed E-state index contributed by atoms with van der Waals surface area (Å²) in [7, 11) is 0. The van der Waals surface area contributed by atoms with Gasteiger partial charge in [0, 0.05) is 43.9 Å². The normalized spacial score (nSPS) is 20.5. The Bertz CT molecular complexity index is 446. The van der Waals surface area contributed by atoms with Crippen LogP contribution in [0.1, 0.15) is 53.8 Å². The maximum atomic E-state index is 12.6. The van der Waals surface area contributed by atoms with E-state index < -0.39 is 0 Å². The molecular weight excluding hydrogens is 240 g/mol. The number of aromatic nitrogens is 2. The van der Waals surface area contributed by atoms with Crippen molar-refractivity contribution >= 4 is 5.91 Å². The number of amides is 1. The van der Waals surface area contributed by atoms with Crippen LogP contribution < -0.4 is 5.32 Å². The molecule has 3 rings (SSSR count). The van der Waals surface area contributed by atoms with Gasteiger partial charge in [0.1, 0.15) is 0 Å². The van der Waals surface area contributed by atoms with Crippen LogP contribution in [-0.4, -0.2) is 40.6 Å². The molecule has 0 aliphatic carbocycles. The molecule has 2 N–H and O–H groups in total. The number of likely N-dealkylation sites (tertiary alicyclic amines) is 1. The number of carbonyl (C=O) groups excluding carboxylic acids is 1. The van der Waals surface area contributed by atoms with E-state index >= 15 is 0 Å². The fourth-order valence-corrected chi connectivity index (χ4v) is 3.00. The van der Waals surface area contributed by atoms with Gasteiger partial charge >= 0.3 is 0 Å². The van der Waals surface area contributed by atoms with Gasteiger partial charge in [-0.05, 0) is 12.8 Å². The van der Waals surface area contributed by atoms with Crippen molar-refractivity contribution in [2.75, 3.05) is 19.6 Å². The molecule has 3 heterocycles. The second-order valence-corrected chi connectivity index (χ2v) is 5.52. The fraction of sp³-hybridized carbons (Fsp3) is 0.714. The van der Waals surface area contributed by atoms with E-state index in [1.165, 1.54) is 19.3 Å². The Balaban J connectivity index is 1.76. The Morgan fingerprint density at radius 1 is 1.11 bits per heavy atom. The Kier molecular flexibility index (Phi) is 3.82. The Morgan fingerprint density at radius 3 is 2.63 bits per heavy atom. The van der Waals surface area contributed by atoms with Crippen molar-refractivity contribution in [3.8, 4) is 0 Å². The first-order chi connectivity index (χ1) is 9.36. The molecule has 0 spiro atoms. The molecule has 1 aromatic heterocycles. The summed E-state index contributed by atoms with van der Waals surface area (Å²) in [5.74, 6) is 0.114. The standard InChI is InChI=1S/C14H22N4O/c19-14(18-8-4-2-1-3-5-9-18)13-11-10-15-7-6-12(11)16-17-13/h15H,1-10H2,(H,16,17). The molecule has 0 atom stereocenters. The molecule has 2 aliphatic rings. The minimum atomic E-state index is 0.114. The number of fused-ring (bicyclic) bond motifs is 1. The minimum Gasteiger partial charge on any atom is -0.337 e. The van der Waals surface area contributed by atoms with Crippen molar-refractivity contribution in [3.05, 3.63) is 17.0 Å². The van der Waals surface area contributed by atoms with Crippen molar-refractivity contribution in [1.82, 2.24) is 20.4 Å². The largest absolute Gasteiger partial charge is 0.337 e. The molecule has 19 heavy (non-hydrogen) atoms. The molecule has 0 bridgehead atoms. The van der Waals surface area contributed by atoms with Gasteiger partial charge in [0.05, 0.1) is 0 Å². The molecule has 0 radical (unpaired) electrons. The second-order valence-electron chi connectivity index (χ2n) is 5.52. The fourth-order valence-electron chi connectivity index (χ4n) is 3.00. The zero-order valence-electron chi connectivity index (χ0n) is 11.4. The van der Waals surface area contributed by atoms with Crippen molar-refractivity contribution < 1.29 is 4.79 Å². The average Bonchev–Trinajstić information content (AvgIpc) is 2.81. The SMILES string of the molecule is O=C(c1n[nH]c2c1CNCC2)N1CCCCCCC1. The smallest absolute Gasteiger partial charge is 0.274 e. The van der Waals surface area contributed by atoms with Crippen LogP contribution in [0, 0.1) is 0 Å². The Morgan fingerprint density at radius 2 is 1.84 bits per heavy atom. The third kappa shape index (κ3) is 2.66.